The number of carbonyl (C=O) groups is 1. The molecule has 2 rings (SSSR count). The Labute approximate surface area is 126 Å². The molecule has 2 heterocycles. The minimum absolute atomic E-state index is 0.287. The maximum atomic E-state index is 11.8. The Bertz CT molecular complexity index is 690. The van der Waals surface area contributed by atoms with E-state index in [4.69, 9.17) is 15.2 Å². The van der Waals surface area contributed by atoms with Gasteiger partial charge in [0.1, 0.15) is 6.23 Å². The van der Waals surface area contributed by atoms with Gasteiger partial charge in [-0.15, -0.1) is 0 Å². The average Bonchev–Trinajstić information content (AvgIpc) is 2.82. The molecule has 1 fully saturated rings. The predicted molar refractivity (Wildman–Crippen MR) is 78.3 cm³/mol. The van der Waals surface area contributed by atoms with E-state index in [-0.39, 0.29) is 12.6 Å². The van der Waals surface area contributed by atoms with E-state index in [0.717, 1.165) is 0 Å². The second-order valence-corrected chi connectivity index (χ2v) is 5.04. The lowest BCUT2D eigenvalue weighted by Gasteiger charge is -2.14. The van der Waals surface area contributed by atoms with Gasteiger partial charge in [0.25, 0.3) is 5.56 Å². The number of aromatic amines is 1. The fourth-order valence-corrected chi connectivity index (χ4v) is 2.24. The van der Waals surface area contributed by atoms with E-state index in [1.165, 1.54) is 22.9 Å². The average molecular weight is 309 g/mol. The van der Waals surface area contributed by atoms with Crippen LogP contribution in [0.2, 0.25) is 0 Å². The first kappa shape index (κ1) is 16.2. The molecule has 22 heavy (non-hydrogen) atoms. The molecule has 0 radical (unpaired) electrons. The van der Waals surface area contributed by atoms with Gasteiger partial charge in [-0.3, -0.25) is 14.3 Å². The summed E-state index contributed by atoms with van der Waals surface area (Å²) >= 11 is 0. The summed E-state index contributed by atoms with van der Waals surface area (Å²) in [5, 5.41) is 0. The van der Waals surface area contributed by atoms with Gasteiger partial charge in [0.2, 0.25) is 0 Å². The lowest BCUT2D eigenvalue weighted by molar-refractivity contribution is -0.137. The molecule has 3 N–H and O–H groups in total. The van der Waals surface area contributed by atoms with E-state index < -0.39 is 29.6 Å². The van der Waals surface area contributed by atoms with Crippen molar-refractivity contribution >= 4 is 5.97 Å². The van der Waals surface area contributed by atoms with Crippen LogP contribution >= 0.6 is 0 Å². The highest BCUT2D eigenvalue weighted by molar-refractivity contribution is 5.81. The third-order valence-electron chi connectivity index (χ3n) is 3.37. The smallest absolute Gasteiger partial charge is 0.330 e. The zero-order valence-electron chi connectivity index (χ0n) is 12.4. The molecule has 1 aliphatic rings. The van der Waals surface area contributed by atoms with Crippen LogP contribution in [0.15, 0.2) is 27.9 Å². The Morgan fingerprint density at radius 2 is 2.32 bits per heavy atom. The van der Waals surface area contributed by atoms with Gasteiger partial charge in [-0.25, -0.2) is 9.59 Å². The summed E-state index contributed by atoms with van der Waals surface area (Å²) in [6.45, 7) is 3.60. The Morgan fingerprint density at radius 3 is 3.00 bits per heavy atom. The number of aromatic nitrogens is 2. The molecule has 0 amide bonds. The van der Waals surface area contributed by atoms with Crippen LogP contribution in [0, 0.1) is 6.92 Å². The van der Waals surface area contributed by atoms with Crippen LogP contribution in [0.25, 0.3) is 0 Å². The maximum absolute atomic E-state index is 11.8. The molecule has 1 aliphatic heterocycles. The summed E-state index contributed by atoms with van der Waals surface area (Å²) < 4.78 is 11.8. The molecule has 0 bridgehead atoms. The number of hydrogen-bond donors (Lipinski definition) is 2. The van der Waals surface area contributed by atoms with Crippen molar-refractivity contribution in [2.75, 3.05) is 6.61 Å². The summed E-state index contributed by atoms with van der Waals surface area (Å²) in [5.41, 5.74) is 5.39. The highest BCUT2D eigenvalue weighted by Crippen LogP contribution is 2.27. The van der Waals surface area contributed by atoms with Crippen LogP contribution in [0.5, 0.6) is 0 Å². The Kier molecular flexibility index (Phi) is 4.94. The lowest BCUT2D eigenvalue weighted by Crippen LogP contribution is -2.33. The van der Waals surface area contributed by atoms with Crippen molar-refractivity contribution in [3.8, 4) is 0 Å². The summed E-state index contributed by atoms with van der Waals surface area (Å²) in [5.74, 6) is -0.473. The topological polar surface area (TPSA) is 116 Å². The molecule has 0 aliphatic carbocycles. The van der Waals surface area contributed by atoms with E-state index in [0.29, 0.717) is 12.0 Å². The monoisotopic (exact) mass is 309 g/mol. The molecular weight excluding hydrogens is 290 g/mol. The quantitative estimate of drug-likeness (QED) is 0.576. The second-order valence-electron chi connectivity index (χ2n) is 5.04. The van der Waals surface area contributed by atoms with E-state index in [1.54, 1.807) is 13.8 Å². The largest absolute Gasteiger partial charge is 0.463 e. The number of ether oxygens (including phenoxy) is 2. The molecule has 1 aromatic heterocycles. The maximum Gasteiger partial charge on any atom is 0.330 e. The van der Waals surface area contributed by atoms with Crippen molar-refractivity contribution in [3.05, 3.63) is 44.8 Å². The third kappa shape index (κ3) is 3.52. The number of aryl methyl sites for hydroxylation is 1. The molecule has 0 unspecified atom stereocenters. The number of hydrogen-bond acceptors (Lipinski definition) is 6. The van der Waals surface area contributed by atoms with E-state index in [2.05, 4.69) is 4.98 Å². The van der Waals surface area contributed by atoms with Gasteiger partial charge in [0.05, 0.1) is 12.7 Å². The van der Waals surface area contributed by atoms with Gasteiger partial charge < -0.3 is 15.2 Å². The van der Waals surface area contributed by atoms with Crippen molar-refractivity contribution < 1.29 is 14.3 Å². The van der Waals surface area contributed by atoms with Gasteiger partial charge in [0, 0.05) is 30.3 Å². The summed E-state index contributed by atoms with van der Waals surface area (Å²) in [6.07, 6.45) is 3.52. The van der Waals surface area contributed by atoms with Gasteiger partial charge >= 0.3 is 11.7 Å². The lowest BCUT2D eigenvalue weighted by atomic mass is 10.1. The van der Waals surface area contributed by atoms with Crippen molar-refractivity contribution in [3.63, 3.8) is 0 Å². The SMILES string of the molecule is CCOC(=O)C=C[C@H]1O[C@@H](n2cc(C)c(=O)[nH]c2=O)C[C@@H]1N. The number of H-pyrrole nitrogens is 1. The number of rotatable bonds is 4. The Balaban J connectivity index is 2.14. The first-order valence-electron chi connectivity index (χ1n) is 7.00. The van der Waals surface area contributed by atoms with Crippen molar-refractivity contribution in [1.82, 2.24) is 9.55 Å². The van der Waals surface area contributed by atoms with Gasteiger partial charge in [-0.2, -0.15) is 0 Å². The Morgan fingerprint density at radius 1 is 1.59 bits per heavy atom. The van der Waals surface area contributed by atoms with Crippen LogP contribution in [-0.2, 0) is 14.3 Å². The number of nitrogens with zero attached hydrogens (tertiary/aromatic N) is 1. The van der Waals surface area contributed by atoms with Gasteiger partial charge in [-0.05, 0) is 19.9 Å². The minimum Gasteiger partial charge on any atom is -0.463 e. The molecule has 1 saturated heterocycles. The molecule has 8 heteroatoms. The molecule has 8 nitrogen and oxygen atoms in total. The predicted octanol–water partition coefficient (Wildman–Crippen LogP) is -0.421. The molecule has 0 aromatic carbocycles. The first-order chi connectivity index (χ1) is 10.4. The molecule has 0 saturated carbocycles. The number of esters is 1. The fourth-order valence-electron chi connectivity index (χ4n) is 2.24. The van der Waals surface area contributed by atoms with Crippen molar-refractivity contribution in [2.24, 2.45) is 5.73 Å². The van der Waals surface area contributed by atoms with E-state index in [9.17, 15) is 14.4 Å². The summed E-state index contributed by atoms with van der Waals surface area (Å²) in [7, 11) is 0. The number of nitrogens with one attached hydrogen (secondary N) is 1. The summed E-state index contributed by atoms with van der Waals surface area (Å²) in [6, 6.07) is -0.366. The van der Waals surface area contributed by atoms with Gasteiger partial charge in [-0.1, -0.05) is 0 Å². The highest BCUT2D eigenvalue weighted by atomic mass is 16.5. The standard InChI is InChI=1S/C14H19N3O5/c1-3-21-12(18)5-4-10-9(15)6-11(22-10)17-7-8(2)13(19)16-14(17)20/h4-5,7,9-11H,3,6,15H2,1-2H3,(H,16,19,20)/t9-,10+,11+/m0/s1. The first-order valence-corrected chi connectivity index (χ1v) is 7.00. The second kappa shape index (κ2) is 6.71. The summed E-state index contributed by atoms with van der Waals surface area (Å²) in [4.78, 5) is 36.7. The van der Waals surface area contributed by atoms with Crippen molar-refractivity contribution in [1.29, 1.82) is 0 Å². The zero-order valence-corrected chi connectivity index (χ0v) is 12.4. The van der Waals surface area contributed by atoms with Crippen LogP contribution < -0.4 is 17.0 Å². The molecule has 3 atom stereocenters. The van der Waals surface area contributed by atoms with Gasteiger partial charge in [0.15, 0.2) is 0 Å². The third-order valence-corrected chi connectivity index (χ3v) is 3.37. The van der Waals surface area contributed by atoms with Crippen molar-refractivity contribution in [2.45, 2.75) is 38.6 Å². The number of carbonyl (C=O) groups excluding carboxylic acids is 1. The molecule has 0 spiro atoms. The van der Waals surface area contributed by atoms with Crippen LogP contribution in [0.4, 0.5) is 0 Å². The van der Waals surface area contributed by atoms with E-state index >= 15 is 0 Å². The van der Waals surface area contributed by atoms with E-state index in [1.807, 2.05) is 0 Å². The van der Waals surface area contributed by atoms with Crippen LogP contribution in [0.1, 0.15) is 25.1 Å². The molecule has 1 aromatic rings. The van der Waals surface area contributed by atoms with Crippen LogP contribution in [0.3, 0.4) is 0 Å². The number of nitrogens with two attached hydrogens (primary N) is 1. The zero-order chi connectivity index (χ0) is 16.3. The normalized spacial score (nSPS) is 24.8. The fraction of sp³-hybridized carbons (Fsp3) is 0.500. The molecular formula is C14H19N3O5. The minimum atomic E-state index is -0.588. The van der Waals surface area contributed by atoms with Crippen LogP contribution in [-0.4, -0.2) is 34.3 Å². The highest BCUT2D eigenvalue weighted by Gasteiger charge is 2.33. The molecule has 120 valence electrons. The Hall–Kier alpha value is -2.19.